The highest BCUT2D eigenvalue weighted by atomic mass is 32.1. The van der Waals surface area contributed by atoms with E-state index in [9.17, 15) is 26.7 Å². The Morgan fingerprint density at radius 2 is 1.83 bits per heavy atom. The monoisotopic (exact) mass is 425 g/mol. The third-order valence-corrected chi connectivity index (χ3v) is 4.23. The summed E-state index contributed by atoms with van der Waals surface area (Å²) in [6.07, 6.45) is -3.36. The van der Waals surface area contributed by atoms with Crippen molar-refractivity contribution in [3.63, 3.8) is 0 Å². The van der Waals surface area contributed by atoms with Crippen LogP contribution in [0.15, 0.2) is 54.7 Å². The smallest absolute Gasteiger partial charge is 0.318 e. The van der Waals surface area contributed by atoms with Gasteiger partial charge in [0.15, 0.2) is 11.6 Å². The Hall–Kier alpha value is -3.14. The molecular formula is C19H12F5N3OS. The van der Waals surface area contributed by atoms with Crippen LogP contribution in [0.1, 0.15) is 11.3 Å². The fraction of sp³-hybridized carbons (Fsp3) is 0.105. The lowest BCUT2D eigenvalue weighted by Crippen LogP contribution is -2.29. The quantitative estimate of drug-likeness (QED) is 0.474. The van der Waals surface area contributed by atoms with Crippen molar-refractivity contribution >= 4 is 23.8 Å². The van der Waals surface area contributed by atoms with E-state index in [1.165, 1.54) is 35.1 Å². The second-order valence-corrected chi connectivity index (χ2v) is 6.44. The zero-order chi connectivity index (χ0) is 21.2. The zero-order valence-corrected chi connectivity index (χ0v) is 15.3. The second-order valence-electron chi connectivity index (χ2n) is 6.00. The molecule has 4 nitrogen and oxygen atoms in total. The van der Waals surface area contributed by atoms with Crippen molar-refractivity contribution in [2.24, 2.45) is 0 Å². The van der Waals surface area contributed by atoms with Crippen LogP contribution in [0.25, 0.3) is 5.69 Å². The van der Waals surface area contributed by atoms with E-state index in [2.05, 4.69) is 5.10 Å². The first-order valence-electron chi connectivity index (χ1n) is 8.15. The van der Waals surface area contributed by atoms with Crippen LogP contribution in [0.5, 0.6) is 0 Å². The SMILES string of the molecule is O=C(Nc1cccc(Cc2nn(-c3ccc(F)c(F)c3)ccc2=S)c1)C(F)(F)F. The van der Waals surface area contributed by atoms with E-state index >= 15 is 0 Å². The molecule has 2 aromatic carbocycles. The third kappa shape index (κ3) is 5.02. The van der Waals surface area contributed by atoms with Gasteiger partial charge in [0.25, 0.3) is 0 Å². The van der Waals surface area contributed by atoms with Crippen LogP contribution in [0.2, 0.25) is 0 Å². The number of rotatable bonds is 4. The minimum atomic E-state index is -5.00. The van der Waals surface area contributed by atoms with Crippen LogP contribution >= 0.6 is 12.2 Å². The van der Waals surface area contributed by atoms with E-state index in [4.69, 9.17) is 12.2 Å². The topological polar surface area (TPSA) is 46.9 Å². The minimum Gasteiger partial charge on any atom is -0.318 e. The molecule has 1 amide bonds. The van der Waals surface area contributed by atoms with Crippen molar-refractivity contribution in [1.82, 2.24) is 9.78 Å². The summed E-state index contributed by atoms with van der Waals surface area (Å²) in [6.45, 7) is 0. The van der Waals surface area contributed by atoms with Crippen LogP contribution in [-0.2, 0) is 11.2 Å². The van der Waals surface area contributed by atoms with Gasteiger partial charge in [-0.15, -0.1) is 0 Å². The van der Waals surface area contributed by atoms with Crippen LogP contribution < -0.4 is 5.32 Å². The first-order chi connectivity index (χ1) is 13.6. The van der Waals surface area contributed by atoms with Crippen molar-refractivity contribution in [2.75, 3.05) is 5.32 Å². The van der Waals surface area contributed by atoms with Crippen LogP contribution in [0.4, 0.5) is 27.6 Å². The van der Waals surface area contributed by atoms with Crippen molar-refractivity contribution in [3.8, 4) is 5.69 Å². The molecule has 0 spiro atoms. The van der Waals surface area contributed by atoms with Gasteiger partial charge in [-0.2, -0.15) is 18.3 Å². The van der Waals surface area contributed by atoms with Crippen molar-refractivity contribution in [1.29, 1.82) is 0 Å². The highest BCUT2D eigenvalue weighted by molar-refractivity contribution is 7.71. The van der Waals surface area contributed by atoms with E-state index in [-0.39, 0.29) is 17.8 Å². The van der Waals surface area contributed by atoms with E-state index in [0.717, 1.165) is 12.1 Å². The van der Waals surface area contributed by atoms with Gasteiger partial charge in [-0.3, -0.25) is 4.79 Å². The van der Waals surface area contributed by atoms with Gasteiger partial charge in [-0.1, -0.05) is 24.4 Å². The fourth-order valence-corrected chi connectivity index (χ4v) is 2.67. The number of halogens is 5. The maximum atomic E-state index is 13.5. The Kier molecular flexibility index (Phi) is 5.73. The molecule has 0 aliphatic heterocycles. The molecule has 10 heteroatoms. The number of hydrogen-bond donors (Lipinski definition) is 1. The Morgan fingerprint density at radius 3 is 2.52 bits per heavy atom. The molecule has 1 aromatic heterocycles. The lowest BCUT2D eigenvalue weighted by Gasteiger charge is -2.11. The molecule has 3 rings (SSSR count). The number of nitrogens with zero attached hydrogens (tertiary/aromatic N) is 2. The molecule has 29 heavy (non-hydrogen) atoms. The average Bonchev–Trinajstić information content (AvgIpc) is 2.65. The molecule has 0 saturated carbocycles. The number of hydrogen-bond acceptors (Lipinski definition) is 3. The highest BCUT2D eigenvalue weighted by Gasteiger charge is 2.38. The van der Waals surface area contributed by atoms with Gasteiger partial charge in [-0.25, -0.2) is 13.5 Å². The van der Waals surface area contributed by atoms with Crippen molar-refractivity contribution in [2.45, 2.75) is 12.6 Å². The number of carbonyl (C=O) groups excluding carboxylic acids is 1. The number of nitrogens with one attached hydrogen (secondary N) is 1. The summed E-state index contributed by atoms with van der Waals surface area (Å²) < 4.78 is 65.5. The average molecular weight is 425 g/mol. The fourth-order valence-electron chi connectivity index (χ4n) is 2.50. The largest absolute Gasteiger partial charge is 0.471 e. The molecule has 0 atom stereocenters. The van der Waals surface area contributed by atoms with Crippen LogP contribution in [-0.4, -0.2) is 21.9 Å². The molecule has 0 bridgehead atoms. The highest BCUT2D eigenvalue weighted by Crippen LogP contribution is 2.20. The number of amides is 1. The molecule has 0 fully saturated rings. The Balaban J connectivity index is 1.87. The predicted octanol–water partition coefficient (Wildman–Crippen LogP) is 4.97. The summed E-state index contributed by atoms with van der Waals surface area (Å²) in [7, 11) is 0. The minimum absolute atomic E-state index is 0.0276. The number of anilines is 1. The maximum absolute atomic E-state index is 13.5. The molecule has 1 heterocycles. The summed E-state index contributed by atoms with van der Waals surface area (Å²) in [5, 5.41) is 6.07. The summed E-state index contributed by atoms with van der Waals surface area (Å²) in [6, 6.07) is 10.6. The molecule has 0 aliphatic rings. The molecule has 0 saturated heterocycles. The molecular weight excluding hydrogens is 413 g/mol. The van der Waals surface area contributed by atoms with Crippen LogP contribution in [0, 0.1) is 16.1 Å². The van der Waals surface area contributed by atoms with Crippen molar-refractivity contribution < 1.29 is 26.7 Å². The standard InChI is InChI=1S/C19H12F5N3OS/c20-14-5-4-13(10-15(14)21)27-7-6-17(29)16(26-27)9-11-2-1-3-12(8-11)25-18(28)19(22,23)24/h1-8,10H,9H2,(H,25,28). The molecule has 150 valence electrons. The van der Waals surface area contributed by atoms with Gasteiger partial charge in [-0.05, 0) is 35.9 Å². The number of aromatic nitrogens is 2. The number of benzene rings is 2. The number of alkyl halides is 3. The summed E-state index contributed by atoms with van der Waals surface area (Å²) in [5.74, 6) is -4.10. The summed E-state index contributed by atoms with van der Waals surface area (Å²) >= 11 is 5.23. The summed E-state index contributed by atoms with van der Waals surface area (Å²) in [5.41, 5.74) is 1.18. The Labute approximate surface area is 166 Å². The first kappa shape index (κ1) is 20.6. The molecule has 0 aliphatic carbocycles. The molecule has 0 radical (unpaired) electrons. The molecule has 0 unspecified atom stereocenters. The van der Waals surface area contributed by atoms with Crippen molar-refractivity contribution in [3.05, 3.63) is 82.1 Å². The lowest BCUT2D eigenvalue weighted by molar-refractivity contribution is -0.167. The first-order valence-corrected chi connectivity index (χ1v) is 8.56. The Bertz CT molecular complexity index is 1130. The number of carbonyl (C=O) groups is 1. The van der Waals surface area contributed by atoms with E-state index in [0.29, 0.717) is 15.8 Å². The van der Waals surface area contributed by atoms with Gasteiger partial charge in [0.05, 0.1) is 15.9 Å². The van der Waals surface area contributed by atoms with Gasteiger partial charge in [0, 0.05) is 24.4 Å². The van der Waals surface area contributed by atoms with E-state index in [1.54, 1.807) is 17.4 Å². The Morgan fingerprint density at radius 1 is 1.07 bits per heavy atom. The van der Waals surface area contributed by atoms with E-state index < -0.39 is 23.7 Å². The molecule has 3 aromatic rings. The summed E-state index contributed by atoms with van der Waals surface area (Å²) in [4.78, 5) is 11.1. The predicted molar refractivity (Wildman–Crippen MR) is 98.2 cm³/mol. The zero-order valence-electron chi connectivity index (χ0n) is 14.5. The van der Waals surface area contributed by atoms with Gasteiger partial charge < -0.3 is 5.32 Å². The second kappa shape index (κ2) is 8.08. The van der Waals surface area contributed by atoms with Gasteiger partial charge in [0.2, 0.25) is 0 Å². The normalized spacial score (nSPS) is 11.3. The lowest BCUT2D eigenvalue weighted by atomic mass is 10.1. The molecule has 1 N–H and O–H groups in total. The van der Waals surface area contributed by atoms with Crippen LogP contribution in [0.3, 0.4) is 0 Å². The van der Waals surface area contributed by atoms with E-state index in [1.807, 2.05) is 0 Å². The third-order valence-electron chi connectivity index (χ3n) is 3.86. The maximum Gasteiger partial charge on any atom is 0.471 e. The van der Waals surface area contributed by atoms with Gasteiger partial charge >= 0.3 is 12.1 Å². The van der Waals surface area contributed by atoms with Gasteiger partial charge in [0.1, 0.15) is 0 Å².